The van der Waals surface area contributed by atoms with E-state index in [1.54, 1.807) is 36.4 Å². The van der Waals surface area contributed by atoms with Crippen LogP contribution in [0.4, 0.5) is 0 Å². The Bertz CT molecular complexity index is 1010. The standard InChI is InChI=1S/C28H35NO7/c1-20-17-36-28(32)25-22(11-7-13-23(25)30)12-8-15-33-19-24(35-18-21-9-3-2-4-10-21)26(31)27(20)34-16-6-5-14-29/h2-13,20,24,26-27,30-31H,14-19,29H2,1H3/b6-5+,12-8+/t20-,24+,26+,27+/m0/s1. The number of rotatable bonds is 7. The monoisotopic (exact) mass is 497 g/mol. The number of carbonyl (C=O) groups excluding carboxylic acids is 1. The van der Waals surface area contributed by atoms with Gasteiger partial charge in [0, 0.05) is 12.5 Å². The zero-order valence-electron chi connectivity index (χ0n) is 20.5. The minimum Gasteiger partial charge on any atom is -0.507 e. The van der Waals surface area contributed by atoms with Crippen molar-refractivity contribution >= 4 is 12.0 Å². The van der Waals surface area contributed by atoms with Crippen molar-refractivity contribution in [2.24, 2.45) is 11.7 Å². The third-order valence-electron chi connectivity index (χ3n) is 5.82. The van der Waals surface area contributed by atoms with E-state index in [-0.39, 0.29) is 44.3 Å². The summed E-state index contributed by atoms with van der Waals surface area (Å²) in [6.07, 6.45) is 4.46. The molecule has 0 saturated heterocycles. The fraction of sp³-hybridized carbons (Fsp3) is 0.393. The minimum absolute atomic E-state index is 0.0368. The highest BCUT2D eigenvalue weighted by molar-refractivity contribution is 5.96. The lowest BCUT2D eigenvalue weighted by atomic mass is 9.96. The molecule has 194 valence electrons. The normalized spacial score (nSPS) is 24.6. The van der Waals surface area contributed by atoms with E-state index in [9.17, 15) is 15.0 Å². The van der Waals surface area contributed by atoms with E-state index < -0.39 is 30.2 Å². The first kappa shape index (κ1) is 27.6. The Hall–Kier alpha value is -3.01. The van der Waals surface area contributed by atoms with Gasteiger partial charge in [-0.05, 0) is 17.2 Å². The van der Waals surface area contributed by atoms with Gasteiger partial charge >= 0.3 is 5.97 Å². The zero-order chi connectivity index (χ0) is 25.8. The van der Waals surface area contributed by atoms with E-state index in [0.717, 1.165) is 5.56 Å². The van der Waals surface area contributed by atoms with Gasteiger partial charge in [-0.3, -0.25) is 0 Å². The Labute approximate surface area is 211 Å². The fourth-order valence-corrected chi connectivity index (χ4v) is 3.88. The van der Waals surface area contributed by atoms with Crippen LogP contribution in [0.3, 0.4) is 0 Å². The van der Waals surface area contributed by atoms with Gasteiger partial charge in [-0.15, -0.1) is 0 Å². The van der Waals surface area contributed by atoms with E-state index >= 15 is 0 Å². The van der Waals surface area contributed by atoms with Gasteiger partial charge in [-0.25, -0.2) is 4.79 Å². The first-order valence-electron chi connectivity index (χ1n) is 12.0. The second kappa shape index (κ2) is 14.5. The van der Waals surface area contributed by atoms with Crippen LogP contribution in [0.1, 0.15) is 28.4 Å². The number of nitrogens with two attached hydrogens (primary N) is 1. The smallest absolute Gasteiger partial charge is 0.342 e. The van der Waals surface area contributed by atoms with Crippen LogP contribution < -0.4 is 5.73 Å². The molecule has 0 spiro atoms. The number of benzene rings is 2. The summed E-state index contributed by atoms with van der Waals surface area (Å²) >= 11 is 0. The first-order valence-corrected chi connectivity index (χ1v) is 12.0. The number of carbonyl (C=O) groups is 1. The fourth-order valence-electron chi connectivity index (χ4n) is 3.88. The Morgan fingerprint density at radius 2 is 1.89 bits per heavy atom. The van der Waals surface area contributed by atoms with Gasteiger partial charge in [0.1, 0.15) is 23.5 Å². The molecule has 0 unspecified atom stereocenters. The number of aliphatic hydroxyl groups excluding tert-OH is 1. The number of aromatic hydroxyl groups is 1. The molecule has 1 aliphatic heterocycles. The van der Waals surface area contributed by atoms with Gasteiger partial charge in [0.2, 0.25) is 0 Å². The number of phenolic OH excluding ortho intramolecular Hbond substituents is 1. The van der Waals surface area contributed by atoms with Gasteiger partial charge in [-0.2, -0.15) is 0 Å². The maximum Gasteiger partial charge on any atom is 0.342 e. The number of esters is 1. The second-order valence-corrected chi connectivity index (χ2v) is 8.59. The molecule has 0 aliphatic carbocycles. The Morgan fingerprint density at radius 3 is 2.67 bits per heavy atom. The van der Waals surface area contributed by atoms with Crippen molar-refractivity contribution in [3.63, 3.8) is 0 Å². The first-order chi connectivity index (χ1) is 17.5. The Kier molecular flexibility index (Phi) is 11.1. The topological polar surface area (TPSA) is 120 Å². The molecule has 0 fully saturated rings. The number of hydrogen-bond donors (Lipinski definition) is 3. The highest BCUT2D eigenvalue weighted by Crippen LogP contribution is 2.25. The molecule has 0 radical (unpaired) electrons. The summed E-state index contributed by atoms with van der Waals surface area (Å²) in [4.78, 5) is 12.9. The minimum atomic E-state index is -1.07. The van der Waals surface area contributed by atoms with Crippen LogP contribution in [0, 0.1) is 5.92 Å². The predicted molar refractivity (Wildman–Crippen MR) is 136 cm³/mol. The van der Waals surface area contributed by atoms with Crippen LogP contribution in [0.25, 0.3) is 6.08 Å². The van der Waals surface area contributed by atoms with Gasteiger partial charge in [0.25, 0.3) is 0 Å². The number of phenols is 1. The van der Waals surface area contributed by atoms with Crippen LogP contribution in [-0.2, 0) is 25.6 Å². The third-order valence-corrected chi connectivity index (χ3v) is 5.82. The lowest BCUT2D eigenvalue weighted by Gasteiger charge is -2.33. The molecule has 4 N–H and O–H groups in total. The maximum atomic E-state index is 12.9. The molecule has 0 aromatic heterocycles. The summed E-state index contributed by atoms with van der Waals surface area (Å²) in [5, 5.41) is 21.6. The van der Waals surface area contributed by atoms with Crippen molar-refractivity contribution in [3.05, 3.63) is 83.4 Å². The molecule has 2 aromatic rings. The van der Waals surface area contributed by atoms with Gasteiger partial charge in [0.15, 0.2) is 0 Å². The lowest BCUT2D eigenvalue weighted by Crippen LogP contribution is -2.47. The lowest BCUT2D eigenvalue weighted by molar-refractivity contribution is -0.148. The molecular formula is C28H35NO7. The Balaban J connectivity index is 1.84. The van der Waals surface area contributed by atoms with E-state index in [1.165, 1.54) is 6.07 Å². The second-order valence-electron chi connectivity index (χ2n) is 8.59. The number of fused-ring (bicyclic) bond motifs is 1. The van der Waals surface area contributed by atoms with Crippen LogP contribution in [0.5, 0.6) is 5.75 Å². The van der Waals surface area contributed by atoms with Crippen molar-refractivity contribution in [1.29, 1.82) is 0 Å². The molecule has 8 heteroatoms. The third kappa shape index (κ3) is 8.01. The number of cyclic esters (lactones) is 1. The average molecular weight is 498 g/mol. The SMILES string of the molecule is C[C@H]1COC(=O)c2c(O)cccc2/C=C/COC[C@@H](OCc2ccccc2)[C@@H](O)[C@@H]1OC/C=C/CN. The molecule has 4 atom stereocenters. The number of hydrogen-bond acceptors (Lipinski definition) is 8. The molecule has 36 heavy (non-hydrogen) atoms. The summed E-state index contributed by atoms with van der Waals surface area (Å²) in [5.74, 6) is -1.23. The van der Waals surface area contributed by atoms with E-state index in [0.29, 0.717) is 12.1 Å². The van der Waals surface area contributed by atoms with Crippen LogP contribution in [-0.4, -0.2) is 67.5 Å². The van der Waals surface area contributed by atoms with E-state index in [2.05, 4.69) is 0 Å². The maximum absolute atomic E-state index is 12.9. The molecule has 8 nitrogen and oxygen atoms in total. The Morgan fingerprint density at radius 1 is 1.08 bits per heavy atom. The molecule has 3 rings (SSSR count). The summed E-state index contributed by atoms with van der Waals surface area (Å²) in [7, 11) is 0. The largest absolute Gasteiger partial charge is 0.507 e. The molecule has 0 amide bonds. The van der Waals surface area contributed by atoms with Gasteiger partial charge in [0.05, 0.1) is 39.1 Å². The number of aliphatic hydroxyl groups is 1. The molecule has 1 aliphatic rings. The van der Waals surface area contributed by atoms with Crippen molar-refractivity contribution in [2.75, 3.05) is 33.0 Å². The van der Waals surface area contributed by atoms with E-state index in [4.69, 9.17) is 24.7 Å². The van der Waals surface area contributed by atoms with E-state index in [1.807, 2.05) is 37.3 Å². The van der Waals surface area contributed by atoms with Crippen LogP contribution in [0.15, 0.2) is 66.8 Å². The van der Waals surface area contributed by atoms with Gasteiger partial charge in [-0.1, -0.05) is 73.7 Å². The highest BCUT2D eigenvalue weighted by Gasteiger charge is 2.34. The van der Waals surface area contributed by atoms with Crippen LogP contribution >= 0.6 is 0 Å². The molecule has 2 aromatic carbocycles. The van der Waals surface area contributed by atoms with Crippen molar-refractivity contribution in [1.82, 2.24) is 0 Å². The zero-order valence-corrected chi connectivity index (χ0v) is 20.5. The van der Waals surface area contributed by atoms with Gasteiger partial charge < -0.3 is 34.9 Å². The summed E-state index contributed by atoms with van der Waals surface area (Å²) in [5.41, 5.74) is 7.07. The number of ether oxygens (including phenoxy) is 4. The molecule has 0 saturated carbocycles. The summed E-state index contributed by atoms with van der Waals surface area (Å²) < 4.78 is 23.4. The molecular weight excluding hydrogens is 462 g/mol. The summed E-state index contributed by atoms with van der Waals surface area (Å²) in [6, 6.07) is 14.5. The quantitative estimate of drug-likeness (QED) is 0.394. The van der Waals surface area contributed by atoms with Crippen LogP contribution in [0.2, 0.25) is 0 Å². The molecule has 1 heterocycles. The highest BCUT2D eigenvalue weighted by atomic mass is 16.6. The molecule has 0 bridgehead atoms. The predicted octanol–water partition coefficient (Wildman–Crippen LogP) is 3.07. The summed E-state index contributed by atoms with van der Waals surface area (Å²) in [6.45, 7) is 2.99. The van der Waals surface area contributed by atoms with Crippen molar-refractivity contribution in [3.8, 4) is 5.75 Å². The van der Waals surface area contributed by atoms with Crippen molar-refractivity contribution < 1.29 is 34.0 Å². The van der Waals surface area contributed by atoms with Crippen molar-refractivity contribution in [2.45, 2.75) is 31.8 Å². The average Bonchev–Trinajstić information content (AvgIpc) is 2.88.